The van der Waals surface area contributed by atoms with Gasteiger partial charge in [-0.3, -0.25) is 9.48 Å². The SMILES string of the molecule is CC1CCC2(F)C(CCC3C4CCC(C(=O)Cn5ccc(C(F)(F)F)n5)C4(C)CCC32)C1. The molecule has 1 aromatic heterocycles. The fraction of sp³-hybridized carbons (Fsp3) is 0.840. The molecule has 32 heavy (non-hydrogen) atoms. The Bertz CT molecular complexity index is 882. The number of fused-ring (bicyclic) bond motifs is 5. The number of ketones is 1. The van der Waals surface area contributed by atoms with Gasteiger partial charge >= 0.3 is 6.18 Å². The fourth-order valence-electron chi connectivity index (χ4n) is 8.40. The highest BCUT2D eigenvalue weighted by Gasteiger charge is 2.62. The first kappa shape index (κ1) is 22.4. The zero-order valence-electron chi connectivity index (χ0n) is 19.0. The van der Waals surface area contributed by atoms with E-state index in [2.05, 4.69) is 18.9 Å². The number of hydrogen-bond donors (Lipinski definition) is 0. The van der Waals surface area contributed by atoms with E-state index in [1.54, 1.807) is 0 Å². The molecule has 5 rings (SSSR count). The van der Waals surface area contributed by atoms with Crippen LogP contribution in [0.1, 0.15) is 77.3 Å². The van der Waals surface area contributed by atoms with Gasteiger partial charge in [-0.1, -0.05) is 13.8 Å². The van der Waals surface area contributed by atoms with Gasteiger partial charge in [-0.15, -0.1) is 0 Å². The lowest BCUT2D eigenvalue weighted by molar-refractivity contribution is -0.147. The molecule has 0 saturated heterocycles. The van der Waals surface area contributed by atoms with Crippen molar-refractivity contribution in [1.82, 2.24) is 9.78 Å². The van der Waals surface area contributed by atoms with E-state index in [0.717, 1.165) is 62.1 Å². The van der Waals surface area contributed by atoms with Crippen molar-refractivity contribution in [2.45, 2.75) is 90.0 Å². The van der Waals surface area contributed by atoms with Gasteiger partial charge in [0, 0.05) is 12.1 Å². The molecule has 0 aromatic carbocycles. The predicted molar refractivity (Wildman–Crippen MR) is 112 cm³/mol. The summed E-state index contributed by atoms with van der Waals surface area (Å²) in [6, 6.07) is 0.918. The van der Waals surface area contributed by atoms with Crippen molar-refractivity contribution in [2.24, 2.45) is 40.9 Å². The molecule has 4 saturated carbocycles. The van der Waals surface area contributed by atoms with Gasteiger partial charge in [-0.25, -0.2) is 4.39 Å². The third kappa shape index (κ3) is 3.44. The molecule has 0 amide bonds. The van der Waals surface area contributed by atoms with Crippen LogP contribution in [0.3, 0.4) is 0 Å². The van der Waals surface area contributed by atoms with E-state index in [0.29, 0.717) is 24.2 Å². The van der Waals surface area contributed by atoms with Gasteiger partial charge in [-0.05, 0) is 98.9 Å². The molecule has 4 aliphatic carbocycles. The fourth-order valence-corrected chi connectivity index (χ4v) is 8.40. The summed E-state index contributed by atoms with van der Waals surface area (Å²) in [5.41, 5.74) is -2.18. The van der Waals surface area contributed by atoms with Crippen molar-refractivity contribution >= 4 is 5.78 Å². The van der Waals surface area contributed by atoms with E-state index in [4.69, 9.17) is 0 Å². The van der Waals surface area contributed by atoms with Crippen LogP contribution in [0, 0.1) is 40.9 Å². The highest BCUT2D eigenvalue weighted by Crippen LogP contribution is 2.66. The summed E-state index contributed by atoms with van der Waals surface area (Å²) in [6.45, 7) is 4.31. The second-order valence-electron chi connectivity index (χ2n) is 11.5. The average molecular weight is 455 g/mol. The quantitative estimate of drug-likeness (QED) is 0.491. The van der Waals surface area contributed by atoms with Crippen molar-refractivity contribution in [3.05, 3.63) is 18.0 Å². The smallest absolute Gasteiger partial charge is 0.297 e. The molecule has 8 atom stereocenters. The number of carbonyl (C=O) groups excluding carboxylic acids is 1. The van der Waals surface area contributed by atoms with Crippen LogP contribution in [0.4, 0.5) is 17.6 Å². The maximum Gasteiger partial charge on any atom is 0.435 e. The normalized spacial score (nSPS) is 43.9. The topological polar surface area (TPSA) is 34.9 Å². The van der Waals surface area contributed by atoms with E-state index in [9.17, 15) is 18.0 Å². The highest BCUT2D eigenvalue weighted by atomic mass is 19.4. The van der Waals surface area contributed by atoms with Gasteiger partial charge in [0.05, 0.1) is 6.54 Å². The molecule has 1 heterocycles. The minimum atomic E-state index is -4.50. The van der Waals surface area contributed by atoms with E-state index < -0.39 is 17.5 Å². The summed E-state index contributed by atoms with van der Waals surface area (Å²) in [6.07, 6.45) is 4.79. The Labute approximate surface area is 187 Å². The van der Waals surface area contributed by atoms with Gasteiger partial charge in [0.15, 0.2) is 11.5 Å². The summed E-state index contributed by atoms with van der Waals surface area (Å²) in [5.74, 6) is 1.39. The van der Waals surface area contributed by atoms with E-state index >= 15 is 4.39 Å². The molecule has 0 bridgehead atoms. The van der Waals surface area contributed by atoms with Gasteiger partial charge in [0.1, 0.15) is 5.67 Å². The van der Waals surface area contributed by atoms with Crippen molar-refractivity contribution in [2.75, 3.05) is 0 Å². The van der Waals surface area contributed by atoms with Crippen LogP contribution in [-0.2, 0) is 17.5 Å². The summed E-state index contributed by atoms with van der Waals surface area (Å²) in [5, 5.41) is 3.57. The first-order valence-electron chi connectivity index (χ1n) is 12.3. The second-order valence-corrected chi connectivity index (χ2v) is 11.5. The van der Waals surface area contributed by atoms with E-state index in [-0.39, 0.29) is 35.5 Å². The molecule has 0 aliphatic heterocycles. The third-order valence-electron chi connectivity index (χ3n) is 9.93. The Hall–Kier alpha value is -1.40. The lowest BCUT2D eigenvalue weighted by atomic mass is 9.48. The molecular formula is C25H34F4N2O. The van der Waals surface area contributed by atoms with Crippen LogP contribution >= 0.6 is 0 Å². The molecule has 4 aliphatic rings. The van der Waals surface area contributed by atoms with Gasteiger partial charge < -0.3 is 0 Å². The number of hydrogen-bond acceptors (Lipinski definition) is 2. The summed E-state index contributed by atoms with van der Waals surface area (Å²) >= 11 is 0. The highest BCUT2D eigenvalue weighted by molar-refractivity contribution is 5.82. The Balaban J connectivity index is 1.32. The largest absolute Gasteiger partial charge is 0.435 e. The lowest BCUT2D eigenvalue weighted by Gasteiger charge is -2.58. The molecule has 8 unspecified atom stereocenters. The number of carbonyl (C=O) groups is 1. The van der Waals surface area contributed by atoms with Crippen LogP contribution in [0.2, 0.25) is 0 Å². The molecule has 7 heteroatoms. The molecule has 0 radical (unpaired) electrons. The maximum atomic E-state index is 16.4. The Kier molecular flexibility index (Phi) is 5.29. The second kappa shape index (κ2) is 7.56. The lowest BCUT2D eigenvalue weighted by Crippen LogP contribution is -2.56. The standard InChI is InChI=1S/C25H34F4N2O/c1-15-7-11-24(26)16(13-15)3-4-17-18-5-6-20(23(18,2)10-8-19(17)24)21(32)14-31-12-9-22(30-31)25(27,28)29/h9,12,15-20H,3-8,10-11,13-14H2,1-2H3. The first-order valence-corrected chi connectivity index (χ1v) is 12.3. The van der Waals surface area contributed by atoms with Gasteiger partial charge in [0.25, 0.3) is 0 Å². The van der Waals surface area contributed by atoms with Crippen LogP contribution in [-0.4, -0.2) is 21.2 Å². The van der Waals surface area contributed by atoms with Crippen LogP contribution in [0.5, 0.6) is 0 Å². The van der Waals surface area contributed by atoms with Crippen LogP contribution < -0.4 is 0 Å². The number of Topliss-reactive ketones (excluding diaryl/α,β-unsaturated/α-hetero) is 1. The number of halogens is 4. The summed E-state index contributed by atoms with van der Waals surface area (Å²) in [7, 11) is 0. The molecule has 178 valence electrons. The van der Waals surface area contributed by atoms with Crippen molar-refractivity contribution in [3.8, 4) is 0 Å². The van der Waals surface area contributed by atoms with Crippen LogP contribution in [0.15, 0.2) is 12.3 Å². The number of aromatic nitrogens is 2. The van der Waals surface area contributed by atoms with Crippen molar-refractivity contribution in [1.29, 1.82) is 0 Å². The third-order valence-corrected chi connectivity index (χ3v) is 9.93. The first-order chi connectivity index (χ1) is 15.0. The minimum absolute atomic E-state index is 0.0274. The van der Waals surface area contributed by atoms with Crippen molar-refractivity contribution in [3.63, 3.8) is 0 Å². The number of nitrogens with zero attached hydrogens (tertiary/aromatic N) is 2. The summed E-state index contributed by atoms with van der Waals surface area (Å²) < 4.78 is 56.1. The zero-order chi connectivity index (χ0) is 22.9. The Morgan fingerprint density at radius 1 is 1.12 bits per heavy atom. The van der Waals surface area contributed by atoms with Gasteiger partial charge in [-0.2, -0.15) is 18.3 Å². The van der Waals surface area contributed by atoms with Gasteiger partial charge in [0.2, 0.25) is 0 Å². The van der Waals surface area contributed by atoms with Crippen LogP contribution in [0.25, 0.3) is 0 Å². The monoisotopic (exact) mass is 454 g/mol. The predicted octanol–water partition coefficient (Wildman–Crippen LogP) is 6.47. The molecule has 0 spiro atoms. The Morgan fingerprint density at radius 2 is 1.91 bits per heavy atom. The molecule has 3 nitrogen and oxygen atoms in total. The molecule has 0 N–H and O–H groups in total. The van der Waals surface area contributed by atoms with E-state index in [1.165, 1.54) is 6.20 Å². The zero-order valence-corrected chi connectivity index (χ0v) is 19.0. The molecule has 4 fully saturated rings. The number of rotatable bonds is 3. The Morgan fingerprint density at radius 3 is 2.62 bits per heavy atom. The molecular weight excluding hydrogens is 420 g/mol. The number of alkyl halides is 4. The average Bonchev–Trinajstić information content (AvgIpc) is 3.32. The molecule has 1 aromatic rings. The summed E-state index contributed by atoms with van der Waals surface area (Å²) in [4.78, 5) is 13.2. The van der Waals surface area contributed by atoms with E-state index in [1.807, 2.05) is 0 Å². The maximum absolute atomic E-state index is 16.4. The minimum Gasteiger partial charge on any atom is -0.297 e. The van der Waals surface area contributed by atoms with Crippen molar-refractivity contribution < 1.29 is 22.4 Å².